The largest absolute Gasteiger partial charge is 0.468 e. The lowest BCUT2D eigenvalue weighted by Gasteiger charge is -2.29. The highest BCUT2D eigenvalue weighted by molar-refractivity contribution is 7.16. The molecular formula is C11H15ClO2S. The fraction of sp³-hybridized carbons (Fsp3) is 0.545. The van der Waals surface area contributed by atoms with Crippen molar-refractivity contribution in [1.29, 1.82) is 0 Å². The summed E-state index contributed by atoms with van der Waals surface area (Å²) in [7, 11) is 1.41. The second-order valence-corrected chi connectivity index (χ2v) is 5.67. The molecule has 0 aromatic carbocycles. The molecule has 0 radical (unpaired) electrons. The quantitative estimate of drug-likeness (QED) is 0.764. The highest BCUT2D eigenvalue weighted by atomic mass is 35.5. The number of hydrogen-bond donors (Lipinski definition) is 0. The minimum absolute atomic E-state index is 0.166. The van der Waals surface area contributed by atoms with Gasteiger partial charge in [0, 0.05) is 4.88 Å². The van der Waals surface area contributed by atoms with E-state index in [1.165, 1.54) is 18.4 Å². The summed E-state index contributed by atoms with van der Waals surface area (Å²) < 4.78 is 5.56. The minimum Gasteiger partial charge on any atom is -0.468 e. The third-order valence-corrected chi connectivity index (χ3v) is 4.32. The number of carbonyl (C=O) groups is 1. The Balaban J connectivity index is 3.18. The van der Waals surface area contributed by atoms with Crippen molar-refractivity contribution >= 4 is 28.9 Å². The monoisotopic (exact) mass is 246 g/mol. The van der Waals surface area contributed by atoms with E-state index in [9.17, 15) is 4.79 Å². The molecule has 84 valence electrons. The Morgan fingerprint density at radius 2 is 2.13 bits per heavy atom. The second kappa shape index (κ2) is 4.54. The molecule has 1 heterocycles. The molecule has 15 heavy (non-hydrogen) atoms. The van der Waals surface area contributed by atoms with Crippen LogP contribution >= 0.6 is 22.9 Å². The number of methoxy groups -OCH3 is 1. The molecule has 0 spiro atoms. The number of hydrogen-bond acceptors (Lipinski definition) is 3. The first-order valence-electron chi connectivity index (χ1n) is 4.77. The molecule has 0 saturated heterocycles. The van der Waals surface area contributed by atoms with Gasteiger partial charge in [-0.05, 0) is 25.0 Å². The molecule has 1 aromatic rings. The van der Waals surface area contributed by atoms with Gasteiger partial charge in [0.1, 0.15) is 5.41 Å². The first-order valence-corrected chi connectivity index (χ1v) is 5.96. The van der Waals surface area contributed by atoms with Gasteiger partial charge in [-0.2, -0.15) is 0 Å². The van der Waals surface area contributed by atoms with Crippen LogP contribution in [-0.2, 0) is 14.9 Å². The average molecular weight is 247 g/mol. The van der Waals surface area contributed by atoms with E-state index in [1.54, 1.807) is 0 Å². The molecule has 0 saturated carbocycles. The van der Waals surface area contributed by atoms with Crippen LogP contribution in [0.1, 0.15) is 25.6 Å². The van der Waals surface area contributed by atoms with Crippen molar-refractivity contribution in [2.45, 2.75) is 26.2 Å². The van der Waals surface area contributed by atoms with Crippen LogP contribution in [0.4, 0.5) is 0 Å². The first kappa shape index (κ1) is 12.5. The normalized spacial score (nSPS) is 15.1. The Morgan fingerprint density at radius 3 is 2.47 bits per heavy atom. The molecule has 0 aliphatic rings. The zero-order chi connectivity index (χ0) is 11.6. The first-order chi connectivity index (χ1) is 6.92. The lowest BCUT2D eigenvalue weighted by atomic mass is 9.78. The van der Waals surface area contributed by atoms with Crippen LogP contribution in [0, 0.1) is 5.92 Å². The molecule has 0 bridgehead atoms. The summed E-state index contributed by atoms with van der Waals surface area (Å²) in [6.45, 7) is 5.90. The molecule has 1 rings (SSSR count). The summed E-state index contributed by atoms with van der Waals surface area (Å²) in [6.07, 6.45) is 0. The van der Waals surface area contributed by atoms with Crippen molar-refractivity contribution in [2.75, 3.05) is 7.11 Å². The number of esters is 1. The van der Waals surface area contributed by atoms with Gasteiger partial charge in [-0.3, -0.25) is 4.79 Å². The lowest BCUT2D eigenvalue weighted by Crippen LogP contribution is -2.38. The van der Waals surface area contributed by atoms with E-state index in [-0.39, 0.29) is 11.9 Å². The zero-order valence-electron chi connectivity index (χ0n) is 9.33. The van der Waals surface area contributed by atoms with E-state index in [0.717, 1.165) is 4.88 Å². The summed E-state index contributed by atoms with van der Waals surface area (Å²) in [5.74, 6) is -0.0457. The Kier molecular flexibility index (Phi) is 3.79. The van der Waals surface area contributed by atoms with Crippen molar-refractivity contribution in [3.8, 4) is 0 Å². The third-order valence-electron chi connectivity index (χ3n) is 2.85. The van der Waals surface area contributed by atoms with Gasteiger partial charge >= 0.3 is 5.97 Å². The van der Waals surface area contributed by atoms with Gasteiger partial charge < -0.3 is 4.74 Å². The molecule has 0 N–H and O–H groups in total. The van der Waals surface area contributed by atoms with Gasteiger partial charge in [0.25, 0.3) is 0 Å². The summed E-state index contributed by atoms with van der Waals surface area (Å²) >= 11 is 7.32. The topological polar surface area (TPSA) is 26.3 Å². The van der Waals surface area contributed by atoms with Crippen molar-refractivity contribution in [3.63, 3.8) is 0 Å². The Labute approximate surface area is 99.2 Å². The van der Waals surface area contributed by atoms with Crippen LogP contribution in [-0.4, -0.2) is 13.1 Å². The van der Waals surface area contributed by atoms with Crippen LogP contribution in [0.5, 0.6) is 0 Å². The lowest BCUT2D eigenvalue weighted by molar-refractivity contribution is -0.148. The molecule has 0 fully saturated rings. The van der Waals surface area contributed by atoms with E-state index in [2.05, 4.69) is 0 Å². The van der Waals surface area contributed by atoms with Crippen molar-refractivity contribution in [1.82, 2.24) is 0 Å². The van der Waals surface area contributed by atoms with Crippen molar-refractivity contribution in [2.24, 2.45) is 5.92 Å². The fourth-order valence-corrected chi connectivity index (χ4v) is 2.75. The van der Waals surface area contributed by atoms with Crippen LogP contribution in [0.25, 0.3) is 0 Å². The fourth-order valence-electron chi connectivity index (χ4n) is 1.43. The maximum Gasteiger partial charge on any atom is 0.317 e. The maximum absolute atomic E-state index is 11.8. The van der Waals surface area contributed by atoms with Gasteiger partial charge in [0.2, 0.25) is 0 Å². The Morgan fingerprint density at radius 1 is 1.53 bits per heavy atom. The zero-order valence-corrected chi connectivity index (χ0v) is 10.9. The molecular weight excluding hydrogens is 232 g/mol. The van der Waals surface area contributed by atoms with E-state index in [4.69, 9.17) is 16.3 Å². The van der Waals surface area contributed by atoms with E-state index in [1.807, 2.05) is 32.9 Å². The van der Waals surface area contributed by atoms with E-state index in [0.29, 0.717) is 4.34 Å². The Hall–Kier alpha value is -0.540. The predicted molar refractivity (Wildman–Crippen MR) is 63.5 cm³/mol. The summed E-state index contributed by atoms with van der Waals surface area (Å²) in [4.78, 5) is 12.8. The average Bonchev–Trinajstić information content (AvgIpc) is 2.62. The SMILES string of the molecule is COC(=O)C(C)(c1ccc(Cl)s1)C(C)C. The highest BCUT2D eigenvalue weighted by Crippen LogP contribution is 2.38. The molecule has 1 unspecified atom stereocenters. The van der Waals surface area contributed by atoms with Gasteiger partial charge in [-0.15, -0.1) is 11.3 Å². The molecule has 1 atom stereocenters. The van der Waals surface area contributed by atoms with Gasteiger partial charge in [0.15, 0.2) is 0 Å². The molecule has 1 aromatic heterocycles. The van der Waals surface area contributed by atoms with Crippen molar-refractivity contribution in [3.05, 3.63) is 21.3 Å². The van der Waals surface area contributed by atoms with Crippen molar-refractivity contribution < 1.29 is 9.53 Å². The smallest absolute Gasteiger partial charge is 0.317 e. The molecule has 0 aliphatic carbocycles. The maximum atomic E-state index is 11.8. The molecule has 0 aliphatic heterocycles. The van der Waals surface area contributed by atoms with Crippen LogP contribution < -0.4 is 0 Å². The summed E-state index contributed by atoms with van der Waals surface area (Å²) in [6, 6.07) is 3.70. The highest BCUT2D eigenvalue weighted by Gasteiger charge is 2.40. The van der Waals surface area contributed by atoms with Gasteiger partial charge in [-0.1, -0.05) is 25.4 Å². The number of thiophene rings is 1. The van der Waals surface area contributed by atoms with Crippen LogP contribution in [0.3, 0.4) is 0 Å². The van der Waals surface area contributed by atoms with Crippen LogP contribution in [0.15, 0.2) is 12.1 Å². The molecule has 0 amide bonds. The summed E-state index contributed by atoms with van der Waals surface area (Å²) in [5.41, 5.74) is -0.605. The number of ether oxygens (including phenoxy) is 1. The standard InChI is InChI=1S/C11H15ClO2S/c1-7(2)11(3,10(13)14-4)8-5-6-9(12)15-8/h5-7H,1-4H3. The predicted octanol–water partition coefficient (Wildman–Crippen LogP) is 3.49. The number of rotatable bonds is 3. The third kappa shape index (κ3) is 2.18. The number of halogens is 1. The van der Waals surface area contributed by atoms with E-state index < -0.39 is 5.41 Å². The molecule has 2 nitrogen and oxygen atoms in total. The second-order valence-electron chi connectivity index (χ2n) is 3.95. The molecule has 4 heteroatoms. The number of carbonyl (C=O) groups excluding carboxylic acids is 1. The summed E-state index contributed by atoms with van der Waals surface area (Å²) in [5, 5.41) is 0. The minimum atomic E-state index is -0.605. The van der Waals surface area contributed by atoms with Gasteiger partial charge in [0.05, 0.1) is 11.4 Å². The van der Waals surface area contributed by atoms with Gasteiger partial charge in [-0.25, -0.2) is 0 Å². The van der Waals surface area contributed by atoms with Crippen LogP contribution in [0.2, 0.25) is 4.34 Å². The Bertz CT molecular complexity index is 359. The van der Waals surface area contributed by atoms with E-state index >= 15 is 0 Å².